The number of likely N-dealkylation sites (tertiary alicyclic amines) is 1. The zero-order valence-electron chi connectivity index (χ0n) is 11.6. The Morgan fingerprint density at radius 2 is 2.21 bits per heavy atom. The van der Waals surface area contributed by atoms with Gasteiger partial charge in [0.2, 0.25) is 0 Å². The molecule has 2 heterocycles. The molecule has 1 saturated heterocycles. The summed E-state index contributed by atoms with van der Waals surface area (Å²) in [5, 5.41) is 2.96. The van der Waals surface area contributed by atoms with E-state index in [-0.39, 0.29) is 5.91 Å². The van der Waals surface area contributed by atoms with Crippen molar-refractivity contribution in [2.45, 2.75) is 26.2 Å². The molecule has 19 heavy (non-hydrogen) atoms. The lowest BCUT2D eigenvalue weighted by molar-refractivity contribution is 0.0943. The van der Waals surface area contributed by atoms with E-state index < -0.39 is 0 Å². The molecule has 1 N–H and O–H groups in total. The molecular formula is C15H23N3O. The van der Waals surface area contributed by atoms with Crippen LogP contribution in [0.5, 0.6) is 0 Å². The quantitative estimate of drug-likeness (QED) is 0.881. The van der Waals surface area contributed by atoms with Crippen molar-refractivity contribution in [2.24, 2.45) is 5.92 Å². The second-order valence-corrected chi connectivity index (χ2v) is 5.14. The highest BCUT2D eigenvalue weighted by Gasteiger charge is 2.17. The van der Waals surface area contributed by atoms with Gasteiger partial charge in [-0.25, -0.2) is 0 Å². The number of rotatable bonds is 5. The number of nitrogens with one attached hydrogen (secondary N) is 1. The van der Waals surface area contributed by atoms with Crippen LogP contribution in [-0.4, -0.2) is 42.0 Å². The van der Waals surface area contributed by atoms with Crippen molar-refractivity contribution in [1.29, 1.82) is 0 Å². The van der Waals surface area contributed by atoms with Crippen LogP contribution in [0.25, 0.3) is 0 Å². The number of nitrogens with zero attached hydrogens (tertiary/aromatic N) is 2. The fourth-order valence-corrected chi connectivity index (χ4v) is 2.57. The summed E-state index contributed by atoms with van der Waals surface area (Å²) in [7, 11) is 0. The average molecular weight is 261 g/mol. The number of aromatic nitrogens is 1. The number of amides is 1. The highest BCUT2D eigenvalue weighted by Crippen LogP contribution is 2.19. The zero-order valence-corrected chi connectivity index (χ0v) is 11.6. The molecule has 0 bridgehead atoms. The molecule has 1 aromatic rings. The molecule has 2 rings (SSSR count). The van der Waals surface area contributed by atoms with Gasteiger partial charge in [-0.1, -0.05) is 13.0 Å². The molecule has 0 unspecified atom stereocenters. The lowest BCUT2D eigenvalue weighted by atomic mass is 9.93. The van der Waals surface area contributed by atoms with E-state index >= 15 is 0 Å². The second kappa shape index (κ2) is 7.24. The zero-order chi connectivity index (χ0) is 13.5. The smallest absolute Gasteiger partial charge is 0.269 e. The van der Waals surface area contributed by atoms with Crippen LogP contribution in [0, 0.1) is 5.92 Å². The molecule has 1 aromatic heterocycles. The number of piperidine rings is 1. The molecule has 4 nitrogen and oxygen atoms in total. The van der Waals surface area contributed by atoms with Crippen LogP contribution in [0.2, 0.25) is 0 Å². The molecule has 0 atom stereocenters. The van der Waals surface area contributed by atoms with Gasteiger partial charge in [0, 0.05) is 12.7 Å². The lowest BCUT2D eigenvalue weighted by Gasteiger charge is -2.30. The van der Waals surface area contributed by atoms with Gasteiger partial charge in [-0.3, -0.25) is 9.78 Å². The maximum Gasteiger partial charge on any atom is 0.269 e. The minimum atomic E-state index is -0.0633. The highest BCUT2D eigenvalue weighted by atomic mass is 16.1. The summed E-state index contributed by atoms with van der Waals surface area (Å²) in [5.74, 6) is 0.693. The summed E-state index contributed by atoms with van der Waals surface area (Å²) >= 11 is 0. The number of hydrogen-bond acceptors (Lipinski definition) is 3. The van der Waals surface area contributed by atoms with E-state index in [9.17, 15) is 4.79 Å². The Kier molecular flexibility index (Phi) is 5.33. The van der Waals surface area contributed by atoms with Crippen LogP contribution < -0.4 is 5.32 Å². The van der Waals surface area contributed by atoms with Crippen molar-refractivity contribution in [3.05, 3.63) is 30.1 Å². The molecule has 1 fully saturated rings. The molecular weight excluding hydrogens is 238 g/mol. The maximum absolute atomic E-state index is 11.8. The van der Waals surface area contributed by atoms with E-state index in [4.69, 9.17) is 0 Å². The number of carbonyl (C=O) groups excluding carboxylic acids is 1. The second-order valence-electron chi connectivity index (χ2n) is 5.14. The predicted molar refractivity (Wildman–Crippen MR) is 76.0 cm³/mol. The monoisotopic (exact) mass is 261 g/mol. The minimum absolute atomic E-state index is 0.0633. The van der Waals surface area contributed by atoms with Gasteiger partial charge in [-0.05, 0) is 56.9 Å². The molecule has 1 amide bonds. The molecule has 0 saturated carbocycles. The summed E-state index contributed by atoms with van der Waals surface area (Å²) in [5.41, 5.74) is 0.503. The van der Waals surface area contributed by atoms with E-state index in [1.165, 1.54) is 25.9 Å². The van der Waals surface area contributed by atoms with E-state index in [0.29, 0.717) is 5.69 Å². The molecule has 0 aromatic carbocycles. The topological polar surface area (TPSA) is 45.2 Å². The molecule has 4 heteroatoms. The van der Waals surface area contributed by atoms with Gasteiger partial charge >= 0.3 is 0 Å². The molecule has 0 aliphatic carbocycles. The minimum Gasteiger partial charge on any atom is -0.351 e. The van der Waals surface area contributed by atoms with E-state index in [0.717, 1.165) is 25.4 Å². The van der Waals surface area contributed by atoms with Gasteiger partial charge in [-0.2, -0.15) is 0 Å². The van der Waals surface area contributed by atoms with Gasteiger partial charge in [0.1, 0.15) is 5.69 Å². The number of carbonyl (C=O) groups is 1. The Hall–Kier alpha value is -1.42. The Bertz CT molecular complexity index is 386. The molecule has 0 spiro atoms. The van der Waals surface area contributed by atoms with E-state index in [2.05, 4.69) is 22.1 Å². The SMILES string of the molecule is CCN1CCC(CCNC(=O)c2ccccn2)CC1. The van der Waals surface area contributed by atoms with E-state index in [1.54, 1.807) is 12.3 Å². The normalized spacial score (nSPS) is 17.3. The van der Waals surface area contributed by atoms with Gasteiger partial charge in [0.25, 0.3) is 5.91 Å². The third-order valence-electron chi connectivity index (χ3n) is 3.89. The first-order chi connectivity index (χ1) is 9.29. The summed E-state index contributed by atoms with van der Waals surface area (Å²) in [6.07, 6.45) is 5.24. The Morgan fingerprint density at radius 1 is 1.42 bits per heavy atom. The van der Waals surface area contributed by atoms with Crippen molar-refractivity contribution >= 4 is 5.91 Å². The first kappa shape index (κ1) is 14.0. The molecule has 0 radical (unpaired) electrons. The maximum atomic E-state index is 11.8. The van der Waals surface area contributed by atoms with Crippen LogP contribution in [0.4, 0.5) is 0 Å². The van der Waals surface area contributed by atoms with Crippen LogP contribution in [0.1, 0.15) is 36.7 Å². The standard InChI is InChI=1S/C15H23N3O/c1-2-18-11-7-13(8-12-18)6-10-17-15(19)14-5-3-4-9-16-14/h3-5,9,13H,2,6-8,10-12H2,1H3,(H,17,19). The average Bonchev–Trinajstić information content (AvgIpc) is 2.49. The fourth-order valence-electron chi connectivity index (χ4n) is 2.57. The van der Waals surface area contributed by atoms with Crippen LogP contribution >= 0.6 is 0 Å². The first-order valence-electron chi connectivity index (χ1n) is 7.21. The van der Waals surface area contributed by atoms with Crippen LogP contribution in [-0.2, 0) is 0 Å². The Morgan fingerprint density at radius 3 is 2.84 bits per heavy atom. The number of hydrogen-bond donors (Lipinski definition) is 1. The van der Waals surface area contributed by atoms with Crippen molar-refractivity contribution < 1.29 is 4.79 Å². The highest BCUT2D eigenvalue weighted by molar-refractivity contribution is 5.92. The third kappa shape index (κ3) is 4.31. The lowest BCUT2D eigenvalue weighted by Crippen LogP contribution is -2.35. The summed E-state index contributed by atoms with van der Waals surface area (Å²) < 4.78 is 0. The summed E-state index contributed by atoms with van der Waals surface area (Å²) in [6, 6.07) is 5.40. The van der Waals surface area contributed by atoms with Crippen LogP contribution in [0.15, 0.2) is 24.4 Å². The fraction of sp³-hybridized carbons (Fsp3) is 0.600. The van der Waals surface area contributed by atoms with Crippen molar-refractivity contribution in [3.63, 3.8) is 0 Å². The van der Waals surface area contributed by atoms with Gasteiger partial charge in [-0.15, -0.1) is 0 Å². The predicted octanol–water partition coefficient (Wildman–Crippen LogP) is 1.93. The van der Waals surface area contributed by atoms with Crippen molar-refractivity contribution in [1.82, 2.24) is 15.2 Å². The largest absolute Gasteiger partial charge is 0.351 e. The van der Waals surface area contributed by atoms with Crippen LogP contribution in [0.3, 0.4) is 0 Å². The molecule has 104 valence electrons. The summed E-state index contributed by atoms with van der Waals surface area (Å²) in [4.78, 5) is 18.3. The summed E-state index contributed by atoms with van der Waals surface area (Å²) in [6.45, 7) is 6.54. The van der Waals surface area contributed by atoms with Crippen molar-refractivity contribution in [3.8, 4) is 0 Å². The van der Waals surface area contributed by atoms with Crippen molar-refractivity contribution in [2.75, 3.05) is 26.2 Å². The van der Waals surface area contributed by atoms with Gasteiger partial charge < -0.3 is 10.2 Å². The number of pyridine rings is 1. The van der Waals surface area contributed by atoms with E-state index in [1.807, 2.05) is 12.1 Å². The first-order valence-corrected chi connectivity index (χ1v) is 7.21. The van der Waals surface area contributed by atoms with Gasteiger partial charge in [0.15, 0.2) is 0 Å². The third-order valence-corrected chi connectivity index (χ3v) is 3.89. The molecule has 1 aliphatic rings. The Labute approximate surface area is 115 Å². The van der Waals surface area contributed by atoms with Gasteiger partial charge in [0.05, 0.1) is 0 Å². The Balaban J connectivity index is 1.66. The molecule has 1 aliphatic heterocycles.